The minimum Gasteiger partial charge on any atom is -0.491 e. The molecule has 0 aliphatic carbocycles. The van der Waals surface area contributed by atoms with Crippen molar-refractivity contribution < 1.29 is 22.3 Å². The minimum atomic E-state index is -4.87. The summed E-state index contributed by atoms with van der Waals surface area (Å²) in [5.41, 5.74) is 2.14. The number of hydrogen-bond acceptors (Lipinski definition) is 8. The average Bonchev–Trinajstić information content (AvgIpc) is 2.84. The molecule has 1 aromatic carbocycles. The van der Waals surface area contributed by atoms with Crippen molar-refractivity contribution in [2.75, 3.05) is 18.2 Å². The van der Waals surface area contributed by atoms with Gasteiger partial charge >= 0.3 is 6.18 Å². The third kappa shape index (κ3) is 5.33. The van der Waals surface area contributed by atoms with Gasteiger partial charge in [0.2, 0.25) is 0 Å². The lowest BCUT2D eigenvalue weighted by atomic mass is 10.1. The Labute approximate surface area is 211 Å². The van der Waals surface area contributed by atoms with Crippen molar-refractivity contribution in [3.05, 3.63) is 81.0 Å². The van der Waals surface area contributed by atoms with E-state index >= 15 is 0 Å². The number of allylic oxidation sites excluding steroid dienone is 1. The van der Waals surface area contributed by atoms with Crippen LogP contribution in [0, 0.1) is 5.82 Å². The summed E-state index contributed by atoms with van der Waals surface area (Å²) in [7, 11) is 1.40. The van der Waals surface area contributed by atoms with Crippen LogP contribution in [0.1, 0.15) is 12.5 Å². The Morgan fingerprint density at radius 3 is 2.71 bits per heavy atom. The van der Waals surface area contributed by atoms with Crippen molar-refractivity contribution in [3.63, 3.8) is 0 Å². The van der Waals surface area contributed by atoms with E-state index in [4.69, 9.17) is 10.5 Å². The molecule has 4 aromatic rings. The number of nitrogen functional groups attached to an aromatic ring is 1. The first-order valence-electron chi connectivity index (χ1n) is 11.1. The third-order valence-electron chi connectivity index (χ3n) is 5.56. The third-order valence-corrected chi connectivity index (χ3v) is 5.56. The molecule has 14 heteroatoms. The van der Waals surface area contributed by atoms with Gasteiger partial charge in [-0.2, -0.15) is 18.3 Å². The molecule has 3 heterocycles. The van der Waals surface area contributed by atoms with Gasteiger partial charge in [-0.25, -0.2) is 19.5 Å². The van der Waals surface area contributed by atoms with Gasteiger partial charge in [-0.1, -0.05) is 12.2 Å². The molecule has 4 N–H and O–H groups in total. The fraction of sp³-hybridized carbons (Fsp3) is 0.208. The Morgan fingerprint density at radius 2 is 2.03 bits per heavy atom. The van der Waals surface area contributed by atoms with Gasteiger partial charge in [0.1, 0.15) is 11.4 Å². The highest BCUT2D eigenvalue weighted by Gasteiger charge is 2.37. The van der Waals surface area contributed by atoms with Gasteiger partial charge in [-0.3, -0.25) is 9.59 Å². The molecule has 0 spiro atoms. The van der Waals surface area contributed by atoms with Crippen LogP contribution in [-0.4, -0.2) is 37.9 Å². The zero-order valence-corrected chi connectivity index (χ0v) is 20.0. The molecule has 0 fully saturated rings. The second kappa shape index (κ2) is 10.3. The Hall–Kier alpha value is -4.75. The number of rotatable bonds is 7. The maximum absolute atomic E-state index is 14.9. The zero-order valence-electron chi connectivity index (χ0n) is 20.0. The molecule has 0 saturated heterocycles. The van der Waals surface area contributed by atoms with Gasteiger partial charge in [0.25, 0.3) is 11.1 Å². The molecule has 4 rings (SSSR count). The van der Waals surface area contributed by atoms with Crippen molar-refractivity contribution in [1.82, 2.24) is 24.7 Å². The van der Waals surface area contributed by atoms with E-state index in [0.717, 1.165) is 12.3 Å². The molecule has 1 unspecified atom stereocenters. The Balaban J connectivity index is 1.54. The van der Waals surface area contributed by atoms with Crippen LogP contribution in [0.4, 0.5) is 29.1 Å². The lowest BCUT2D eigenvalue weighted by Crippen LogP contribution is -2.26. The molecule has 0 aliphatic rings. The molecule has 198 valence electrons. The second-order valence-corrected chi connectivity index (χ2v) is 8.19. The van der Waals surface area contributed by atoms with E-state index in [-0.39, 0.29) is 34.9 Å². The van der Waals surface area contributed by atoms with Crippen LogP contribution in [0.3, 0.4) is 0 Å². The lowest BCUT2D eigenvalue weighted by Gasteiger charge is -2.15. The van der Waals surface area contributed by atoms with E-state index in [1.807, 2.05) is 0 Å². The smallest absolute Gasteiger partial charge is 0.423 e. The van der Waals surface area contributed by atoms with Crippen molar-refractivity contribution in [2.45, 2.75) is 25.7 Å². The van der Waals surface area contributed by atoms with Gasteiger partial charge in [-0.15, -0.1) is 0 Å². The first-order chi connectivity index (χ1) is 18.0. The van der Waals surface area contributed by atoms with Gasteiger partial charge in [-0.05, 0) is 30.5 Å². The molecule has 38 heavy (non-hydrogen) atoms. The molecule has 0 aliphatic heterocycles. The highest BCUT2D eigenvalue weighted by atomic mass is 19.4. The van der Waals surface area contributed by atoms with Crippen LogP contribution in [0.15, 0.2) is 58.5 Å². The molecule has 0 saturated carbocycles. The molecular formula is C24H21F4N7O3. The number of methoxy groups -OCH3 is 1. The summed E-state index contributed by atoms with van der Waals surface area (Å²) in [6.45, 7) is 1.62. The van der Waals surface area contributed by atoms with Crippen LogP contribution in [0.5, 0.6) is 5.75 Å². The molecule has 0 bridgehead atoms. The number of hydrogen-bond donors (Lipinski definition) is 3. The molecule has 0 amide bonds. The first kappa shape index (κ1) is 26.3. The first-order valence-corrected chi connectivity index (χ1v) is 11.1. The van der Waals surface area contributed by atoms with E-state index < -0.39 is 40.4 Å². The number of aromatic amines is 1. The van der Waals surface area contributed by atoms with Gasteiger partial charge in [0, 0.05) is 18.8 Å². The number of H-pyrrole nitrogens is 1. The number of anilines is 2. The minimum absolute atomic E-state index is 0.0283. The SMILES string of the molecule is COc1cnc(-c2cc3ccn(C/C=C/C(C)Nc4cn[nH]c(=O)c4C(F)(F)F)c(=O)c3cc2F)nc1N. The number of ether oxygens (including phenoxy) is 1. The normalized spacial score (nSPS) is 12.7. The fourth-order valence-corrected chi connectivity index (χ4v) is 3.75. The van der Waals surface area contributed by atoms with Crippen LogP contribution in [-0.2, 0) is 12.7 Å². The van der Waals surface area contributed by atoms with E-state index in [2.05, 4.69) is 20.4 Å². The summed E-state index contributed by atoms with van der Waals surface area (Å²) in [6, 6.07) is 3.49. The quantitative estimate of drug-likeness (QED) is 0.244. The van der Waals surface area contributed by atoms with E-state index in [9.17, 15) is 27.2 Å². The van der Waals surface area contributed by atoms with Crippen LogP contribution in [0.25, 0.3) is 22.2 Å². The zero-order chi connectivity index (χ0) is 27.6. The molecule has 10 nitrogen and oxygen atoms in total. The number of alkyl halides is 3. The van der Waals surface area contributed by atoms with Gasteiger partial charge in [0.05, 0.1) is 36.1 Å². The largest absolute Gasteiger partial charge is 0.491 e. The Kier molecular flexibility index (Phi) is 7.15. The number of nitrogens with two attached hydrogens (primary N) is 1. The van der Waals surface area contributed by atoms with Crippen molar-refractivity contribution in [1.29, 1.82) is 0 Å². The Bertz CT molecular complexity index is 1650. The summed E-state index contributed by atoms with van der Waals surface area (Å²) in [5.74, 6) is -0.420. The van der Waals surface area contributed by atoms with Crippen molar-refractivity contribution >= 4 is 22.3 Å². The number of halogens is 4. The number of fused-ring (bicyclic) bond motifs is 1. The molecular weight excluding hydrogens is 510 g/mol. The number of benzene rings is 1. The summed E-state index contributed by atoms with van der Waals surface area (Å²) >= 11 is 0. The van der Waals surface area contributed by atoms with E-state index in [1.54, 1.807) is 24.2 Å². The fourth-order valence-electron chi connectivity index (χ4n) is 3.75. The van der Waals surface area contributed by atoms with E-state index in [1.165, 1.54) is 36.2 Å². The monoisotopic (exact) mass is 531 g/mol. The van der Waals surface area contributed by atoms with E-state index in [0.29, 0.717) is 5.39 Å². The standard InChI is InChI=1S/C24H21F4N7O3/c1-12(32-17-10-31-34-22(36)19(17)24(26,27)28)4-3-6-35-7-5-13-8-15(16(25)9-14(13)23(35)37)21-30-11-18(38-2)20(29)33-21/h3-5,7-12H,6H2,1-2H3,(H2,29,30,33)(H2,32,34,36)/b4-3+. The Morgan fingerprint density at radius 1 is 1.26 bits per heavy atom. The molecule has 3 aromatic heterocycles. The van der Waals surface area contributed by atoms with Crippen LogP contribution in [0.2, 0.25) is 0 Å². The number of nitrogens with zero attached hydrogens (tertiary/aromatic N) is 4. The van der Waals surface area contributed by atoms with Crippen LogP contribution >= 0.6 is 0 Å². The summed E-state index contributed by atoms with van der Waals surface area (Å²) in [5, 5.41) is 8.30. The number of pyridine rings is 1. The maximum Gasteiger partial charge on any atom is 0.423 e. The highest BCUT2D eigenvalue weighted by molar-refractivity contribution is 5.86. The highest BCUT2D eigenvalue weighted by Crippen LogP contribution is 2.31. The average molecular weight is 531 g/mol. The van der Waals surface area contributed by atoms with Crippen molar-refractivity contribution in [3.8, 4) is 17.1 Å². The molecule has 1 atom stereocenters. The predicted octanol–water partition coefficient (Wildman–Crippen LogP) is 3.35. The summed E-state index contributed by atoms with van der Waals surface area (Å²) in [4.78, 5) is 32.6. The molecule has 0 radical (unpaired) electrons. The van der Waals surface area contributed by atoms with Crippen LogP contribution < -0.4 is 26.9 Å². The summed E-state index contributed by atoms with van der Waals surface area (Å²) in [6.07, 6.45) is 1.89. The van der Waals surface area contributed by atoms with Gasteiger partial charge < -0.3 is 20.4 Å². The second-order valence-electron chi connectivity index (χ2n) is 8.19. The van der Waals surface area contributed by atoms with Gasteiger partial charge in [0.15, 0.2) is 17.4 Å². The number of aromatic nitrogens is 5. The van der Waals surface area contributed by atoms with Crippen molar-refractivity contribution in [2.24, 2.45) is 0 Å². The maximum atomic E-state index is 14.9. The number of nitrogens with one attached hydrogen (secondary N) is 2. The predicted molar refractivity (Wildman–Crippen MR) is 132 cm³/mol. The lowest BCUT2D eigenvalue weighted by molar-refractivity contribution is -0.138. The summed E-state index contributed by atoms with van der Waals surface area (Å²) < 4.78 is 60.9. The topological polar surface area (TPSA) is 141 Å².